The number of nitrogens with one attached hydrogen (secondary N) is 1. The third-order valence-electron chi connectivity index (χ3n) is 5.10. The van der Waals surface area contributed by atoms with Gasteiger partial charge in [0.2, 0.25) is 0 Å². The van der Waals surface area contributed by atoms with Gasteiger partial charge in [0.1, 0.15) is 0 Å². The lowest BCUT2D eigenvalue weighted by Gasteiger charge is -2.17. The van der Waals surface area contributed by atoms with Crippen LogP contribution in [0.15, 0.2) is 27.8 Å². The lowest BCUT2D eigenvalue weighted by atomic mass is 10.2. The number of halogens is 2. The van der Waals surface area contributed by atoms with E-state index in [4.69, 9.17) is 0 Å². The Bertz CT molecular complexity index is 1190. The molecule has 0 radical (unpaired) electrons. The number of likely N-dealkylation sites (N-methyl/N-ethyl adjacent to an activating group) is 1. The second-order valence-corrected chi connectivity index (χ2v) is 7.09. The van der Waals surface area contributed by atoms with Crippen molar-refractivity contribution in [2.75, 3.05) is 26.2 Å². The average molecular weight is 433 g/mol. The van der Waals surface area contributed by atoms with Gasteiger partial charge in [0.25, 0.3) is 5.56 Å². The van der Waals surface area contributed by atoms with Crippen LogP contribution >= 0.6 is 0 Å². The number of fused-ring (bicyclic) bond motifs is 1. The molecule has 3 aromatic rings. The molecule has 166 valence electrons. The Morgan fingerprint density at radius 1 is 1.10 bits per heavy atom. The molecule has 0 unspecified atom stereocenters. The Kier molecular flexibility index (Phi) is 7.18. The van der Waals surface area contributed by atoms with Crippen LogP contribution in [0.3, 0.4) is 0 Å². The molecule has 2 aromatic heterocycles. The highest BCUT2D eigenvalue weighted by atomic mass is 19.2. The number of hydrogen-bond acceptors (Lipinski definition) is 7. The van der Waals surface area contributed by atoms with Crippen molar-refractivity contribution in [3.8, 4) is 0 Å². The van der Waals surface area contributed by atoms with E-state index in [1.165, 1.54) is 17.7 Å². The normalized spacial score (nSPS) is 11.5. The maximum atomic E-state index is 13.6. The first-order valence-corrected chi connectivity index (χ1v) is 10.1. The summed E-state index contributed by atoms with van der Waals surface area (Å²) in [5, 5.41) is 11.3. The molecule has 0 saturated carbocycles. The predicted molar refractivity (Wildman–Crippen MR) is 112 cm³/mol. The summed E-state index contributed by atoms with van der Waals surface area (Å²) >= 11 is 0. The minimum atomic E-state index is -1.03. The monoisotopic (exact) mass is 433 g/mol. The number of benzene rings is 1. The van der Waals surface area contributed by atoms with Crippen molar-refractivity contribution < 1.29 is 8.78 Å². The number of aromatic nitrogens is 5. The van der Waals surface area contributed by atoms with Gasteiger partial charge in [-0.2, -0.15) is 0 Å². The summed E-state index contributed by atoms with van der Waals surface area (Å²) in [7, 11) is 1.33. The fraction of sp³-hybridized carbons (Fsp3) is 0.450. The fourth-order valence-electron chi connectivity index (χ4n) is 3.21. The molecule has 0 spiro atoms. The average Bonchev–Trinajstić information content (AvgIpc) is 2.77. The van der Waals surface area contributed by atoms with Crippen LogP contribution in [-0.2, 0) is 20.1 Å². The van der Waals surface area contributed by atoms with Gasteiger partial charge in [-0.25, -0.2) is 18.6 Å². The van der Waals surface area contributed by atoms with Crippen molar-refractivity contribution in [1.29, 1.82) is 0 Å². The minimum Gasteiger partial charge on any atom is -0.308 e. The largest absolute Gasteiger partial charge is 0.332 e. The molecule has 0 amide bonds. The first-order chi connectivity index (χ1) is 14.8. The van der Waals surface area contributed by atoms with Gasteiger partial charge in [-0.1, -0.05) is 19.9 Å². The number of hydrogen-bond donors (Lipinski definition) is 1. The van der Waals surface area contributed by atoms with E-state index in [2.05, 4.69) is 39.2 Å². The molecule has 31 heavy (non-hydrogen) atoms. The van der Waals surface area contributed by atoms with Gasteiger partial charge in [-0.15, -0.1) is 10.2 Å². The standard InChI is InChI=1S/C20H25F2N7O2/c1-4-28(5-2)9-8-23-11-16-24-17-18(26-25-16)29(20(31)27(3)19(17)30)12-13-6-7-14(21)15(22)10-13/h6-7,10,23H,4-5,8-9,11-12H2,1-3H3. The molecule has 0 aliphatic rings. The molecule has 0 atom stereocenters. The van der Waals surface area contributed by atoms with E-state index >= 15 is 0 Å². The van der Waals surface area contributed by atoms with Gasteiger partial charge in [-0.3, -0.25) is 13.9 Å². The van der Waals surface area contributed by atoms with Crippen molar-refractivity contribution in [3.63, 3.8) is 0 Å². The van der Waals surface area contributed by atoms with Gasteiger partial charge in [0.05, 0.1) is 13.1 Å². The second-order valence-electron chi connectivity index (χ2n) is 7.09. The Balaban J connectivity index is 1.89. The van der Waals surface area contributed by atoms with E-state index in [1.54, 1.807) is 0 Å². The van der Waals surface area contributed by atoms with Crippen LogP contribution in [0.2, 0.25) is 0 Å². The van der Waals surface area contributed by atoms with Crippen molar-refractivity contribution in [2.24, 2.45) is 7.05 Å². The molecule has 3 rings (SSSR count). The van der Waals surface area contributed by atoms with Crippen LogP contribution in [-0.4, -0.2) is 55.4 Å². The number of nitrogens with zero attached hydrogens (tertiary/aromatic N) is 6. The quantitative estimate of drug-likeness (QED) is 0.495. The predicted octanol–water partition coefficient (Wildman–Crippen LogP) is 0.643. The van der Waals surface area contributed by atoms with Crippen LogP contribution in [0.1, 0.15) is 25.2 Å². The Labute approximate surface area is 177 Å². The summed E-state index contributed by atoms with van der Waals surface area (Å²) in [6.07, 6.45) is 0. The topological polar surface area (TPSA) is 97.9 Å². The zero-order chi connectivity index (χ0) is 22.5. The maximum absolute atomic E-state index is 13.6. The Hall–Kier alpha value is -3.05. The van der Waals surface area contributed by atoms with E-state index in [9.17, 15) is 18.4 Å². The van der Waals surface area contributed by atoms with Crippen molar-refractivity contribution in [3.05, 3.63) is 62.1 Å². The smallest absolute Gasteiger partial charge is 0.308 e. The van der Waals surface area contributed by atoms with Crippen molar-refractivity contribution in [1.82, 2.24) is 34.5 Å². The first-order valence-electron chi connectivity index (χ1n) is 10.1. The van der Waals surface area contributed by atoms with Crippen molar-refractivity contribution in [2.45, 2.75) is 26.9 Å². The molecule has 1 N–H and O–H groups in total. The van der Waals surface area contributed by atoms with Crippen LogP contribution in [0.5, 0.6) is 0 Å². The molecule has 0 aliphatic heterocycles. The second kappa shape index (κ2) is 9.84. The van der Waals surface area contributed by atoms with E-state index in [1.807, 2.05) is 0 Å². The summed E-state index contributed by atoms with van der Waals surface area (Å²) in [5.41, 5.74) is -0.931. The molecule has 0 saturated heterocycles. The number of rotatable bonds is 9. The fourth-order valence-corrected chi connectivity index (χ4v) is 3.21. The summed E-state index contributed by atoms with van der Waals surface area (Å²) < 4.78 is 28.9. The summed E-state index contributed by atoms with van der Waals surface area (Å²) in [4.78, 5) is 31.8. The Morgan fingerprint density at radius 2 is 1.84 bits per heavy atom. The highest BCUT2D eigenvalue weighted by molar-refractivity contribution is 5.68. The van der Waals surface area contributed by atoms with Gasteiger partial charge in [-0.05, 0) is 30.8 Å². The molecular formula is C20H25F2N7O2. The van der Waals surface area contributed by atoms with Crippen LogP contribution < -0.4 is 16.6 Å². The summed E-state index contributed by atoms with van der Waals surface area (Å²) in [6, 6.07) is 3.33. The maximum Gasteiger partial charge on any atom is 0.332 e. The van der Waals surface area contributed by atoms with Gasteiger partial charge in [0.15, 0.2) is 28.6 Å². The molecule has 1 aromatic carbocycles. The van der Waals surface area contributed by atoms with E-state index in [0.29, 0.717) is 17.9 Å². The molecular weight excluding hydrogens is 408 g/mol. The van der Waals surface area contributed by atoms with Crippen LogP contribution in [0, 0.1) is 11.6 Å². The Morgan fingerprint density at radius 3 is 2.52 bits per heavy atom. The van der Waals surface area contributed by atoms with Gasteiger partial charge >= 0.3 is 5.69 Å². The van der Waals surface area contributed by atoms with Gasteiger partial charge in [0, 0.05) is 20.1 Å². The van der Waals surface area contributed by atoms with Crippen molar-refractivity contribution >= 4 is 11.2 Å². The van der Waals surface area contributed by atoms with E-state index in [-0.39, 0.29) is 17.7 Å². The minimum absolute atomic E-state index is 0.00951. The SMILES string of the molecule is CCN(CC)CCNCc1nnc2c(n1)c(=O)n(C)c(=O)n2Cc1ccc(F)c(F)c1. The van der Waals surface area contributed by atoms with E-state index in [0.717, 1.165) is 42.9 Å². The lowest BCUT2D eigenvalue weighted by Crippen LogP contribution is -2.39. The zero-order valence-electron chi connectivity index (χ0n) is 17.7. The highest BCUT2D eigenvalue weighted by Gasteiger charge is 2.16. The molecule has 2 heterocycles. The lowest BCUT2D eigenvalue weighted by molar-refractivity contribution is 0.301. The summed E-state index contributed by atoms with van der Waals surface area (Å²) in [5.74, 6) is -1.69. The van der Waals surface area contributed by atoms with Crippen LogP contribution in [0.4, 0.5) is 8.78 Å². The molecule has 11 heteroatoms. The molecule has 0 bridgehead atoms. The van der Waals surface area contributed by atoms with Crippen LogP contribution in [0.25, 0.3) is 11.2 Å². The van der Waals surface area contributed by atoms with E-state index < -0.39 is 22.9 Å². The zero-order valence-corrected chi connectivity index (χ0v) is 17.7. The molecule has 0 aliphatic carbocycles. The third kappa shape index (κ3) is 5.00. The first kappa shape index (κ1) is 22.6. The highest BCUT2D eigenvalue weighted by Crippen LogP contribution is 2.11. The third-order valence-corrected chi connectivity index (χ3v) is 5.10. The summed E-state index contributed by atoms with van der Waals surface area (Å²) in [6.45, 7) is 7.88. The molecule has 0 fully saturated rings. The molecule has 9 nitrogen and oxygen atoms in total. The van der Waals surface area contributed by atoms with Gasteiger partial charge < -0.3 is 10.2 Å².